The van der Waals surface area contributed by atoms with Gasteiger partial charge in [0.25, 0.3) is 11.5 Å². The fourth-order valence-electron chi connectivity index (χ4n) is 2.05. The van der Waals surface area contributed by atoms with Gasteiger partial charge in [0.15, 0.2) is 0 Å². The summed E-state index contributed by atoms with van der Waals surface area (Å²) in [7, 11) is 0. The number of nitrogens with one attached hydrogen (secondary N) is 2. The Morgan fingerprint density at radius 3 is 2.73 bits per heavy atom. The molecule has 1 atom stereocenters. The Labute approximate surface area is 129 Å². The highest BCUT2D eigenvalue weighted by molar-refractivity contribution is 5.93. The van der Waals surface area contributed by atoms with Crippen molar-refractivity contribution in [2.45, 2.75) is 19.4 Å². The van der Waals surface area contributed by atoms with Gasteiger partial charge in [-0.2, -0.15) is 0 Å². The molecular formula is C17H20N2O3. The first-order valence-electron chi connectivity index (χ1n) is 7.31. The van der Waals surface area contributed by atoms with Gasteiger partial charge in [0.05, 0.1) is 6.10 Å². The predicted octanol–water partition coefficient (Wildman–Crippen LogP) is 2.27. The summed E-state index contributed by atoms with van der Waals surface area (Å²) in [4.78, 5) is 25.7. The van der Waals surface area contributed by atoms with Crippen molar-refractivity contribution in [2.75, 3.05) is 13.2 Å². The third-order valence-electron chi connectivity index (χ3n) is 3.31. The normalized spacial score (nSPS) is 11.9. The van der Waals surface area contributed by atoms with E-state index in [1.54, 1.807) is 6.07 Å². The third kappa shape index (κ3) is 4.56. The van der Waals surface area contributed by atoms with Crippen LogP contribution in [0.1, 0.15) is 35.4 Å². The number of pyridine rings is 1. The van der Waals surface area contributed by atoms with Crippen molar-refractivity contribution in [2.24, 2.45) is 0 Å². The second kappa shape index (κ2) is 8.14. The Kier molecular flexibility index (Phi) is 5.91. The lowest BCUT2D eigenvalue weighted by molar-refractivity contribution is 0.0635. The van der Waals surface area contributed by atoms with Crippen molar-refractivity contribution in [3.63, 3.8) is 0 Å². The van der Waals surface area contributed by atoms with E-state index in [0.29, 0.717) is 19.6 Å². The summed E-state index contributed by atoms with van der Waals surface area (Å²) in [6.45, 7) is 3.01. The zero-order valence-electron chi connectivity index (χ0n) is 12.5. The number of carbonyl (C=O) groups is 1. The molecule has 0 aliphatic carbocycles. The van der Waals surface area contributed by atoms with Gasteiger partial charge in [0.2, 0.25) is 0 Å². The minimum Gasteiger partial charge on any atom is -0.374 e. The molecule has 5 heteroatoms. The lowest BCUT2D eigenvalue weighted by atomic mass is 10.1. The molecular weight excluding hydrogens is 280 g/mol. The monoisotopic (exact) mass is 300 g/mol. The van der Waals surface area contributed by atoms with E-state index in [9.17, 15) is 9.59 Å². The van der Waals surface area contributed by atoms with Crippen LogP contribution < -0.4 is 10.9 Å². The number of carbonyl (C=O) groups excluding carboxylic acids is 1. The SMILES string of the molecule is C[C@H](OCCCNC(=O)c1ccc[nH]c1=O)c1ccccc1. The van der Waals surface area contributed by atoms with E-state index >= 15 is 0 Å². The van der Waals surface area contributed by atoms with Crippen molar-refractivity contribution in [1.82, 2.24) is 10.3 Å². The molecule has 1 amide bonds. The quantitative estimate of drug-likeness (QED) is 0.771. The number of ether oxygens (including phenoxy) is 1. The van der Waals surface area contributed by atoms with Crippen LogP contribution in [0, 0.1) is 0 Å². The highest BCUT2D eigenvalue weighted by Crippen LogP contribution is 2.15. The highest BCUT2D eigenvalue weighted by atomic mass is 16.5. The summed E-state index contributed by atoms with van der Waals surface area (Å²) in [6, 6.07) is 13.1. The van der Waals surface area contributed by atoms with Gasteiger partial charge >= 0.3 is 0 Å². The summed E-state index contributed by atoms with van der Waals surface area (Å²) in [5.74, 6) is -0.363. The summed E-state index contributed by atoms with van der Waals surface area (Å²) in [5, 5.41) is 2.71. The second-order valence-corrected chi connectivity index (χ2v) is 4.95. The molecule has 0 aliphatic rings. The molecule has 0 saturated carbocycles. The van der Waals surface area contributed by atoms with E-state index in [-0.39, 0.29) is 23.1 Å². The first kappa shape index (κ1) is 16.0. The lowest BCUT2D eigenvalue weighted by Crippen LogP contribution is -2.30. The van der Waals surface area contributed by atoms with Crippen LogP contribution in [0.5, 0.6) is 0 Å². The van der Waals surface area contributed by atoms with E-state index in [0.717, 1.165) is 5.56 Å². The van der Waals surface area contributed by atoms with Gasteiger partial charge in [-0.3, -0.25) is 9.59 Å². The van der Waals surface area contributed by atoms with Crippen molar-refractivity contribution >= 4 is 5.91 Å². The van der Waals surface area contributed by atoms with Gasteiger partial charge in [-0.15, -0.1) is 0 Å². The standard InChI is InChI=1S/C17H20N2O3/c1-13(14-7-3-2-4-8-14)22-12-6-11-19-17(21)15-9-5-10-18-16(15)20/h2-5,7-10,13H,6,11-12H2,1H3,(H,18,20)(H,19,21)/t13-/m0/s1. The Hall–Kier alpha value is -2.40. The zero-order chi connectivity index (χ0) is 15.8. The molecule has 0 fully saturated rings. The Morgan fingerprint density at radius 2 is 2.00 bits per heavy atom. The minimum atomic E-state index is -0.381. The molecule has 2 aromatic rings. The van der Waals surface area contributed by atoms with E-state index in [1.807, 2.05) is 37.3 Å². The van der Waals surface area contributed by atoms with E-state index in [2.05, 4.69) is 10.3 Å². The molecule has 0 radical (unpaired) electrons. The predicted molar refractivity (Wildman–Crippen MR) is 84.8 cm³/mol. The van der Waals surface area contributed by atoms with Crippen molar-refractivity contribution in [1.29, 1.82) is 0 Å². The van der Waals surface area contributed by atoms with Gasteiger partial charge in [0, 0.05) is 19.3 Å². The lowest BCUT2D eigenvalue weighted by Gasteiger charge is -2.13. The van der Waals surface area contributed by atoms with Gasteiger partial charge in [-0.05, 0) is 31.0 Å². The van der Waals surface area contributed by atoms with Crippen molar-refractivity contribution in [3.8, 4) is 0 Å². The fraction of sp³-hybridized carbons (Fsp3) is 0.294. The summed E-state index contributed by atoms with van der Waals surface area (Å²) in [6.07, 6.45) is 2.21. The molecule has 1 aromatic carbocycles. The first-order valence-corrected chi connectivity index (χ1v) is 7.31. The Balaban J connectivity index is 1.68. The zero-order valence-corrected chi connectivity index (χ0v) is 12.5. The van der Waals surface area contributed by atoms with Gasteiger partial charge in [-0.1, -0.05) is 30.3 Å². The molecule has 0 aliphatic heterocycles. The van der Waals surface area contributed by atoms with E-state index in [1.165, 1.54) is 12.3 Å². The molecule has 0 bridgehead atoms. The van der Waals surface area contributed by atoms with E-state index < -0.39 is 0 Å². The third-order valence-corrected chi connectivity index (χ3v) is 3.31. The fourth-order valence-corrected chi connectivity index (χ4v) is 2.05. The van der Waals surface area contributed by atoms with Crippen molar-refractivity contribution < 1.29 is 9.53 Å². The second-order valence-electron chi connectivity index (χ2n) is 4.95. The maximum absolute atomic E-state index is 11.8. The van der Waals surface area contributed by atoms with Crippen LogP contribution in [-0.2, 0) is 4.74 Å². The molecule has 22 heavy (non-hydrogen) atoms. The molecule has 0 unspecified atom stereocenters. The molecule has 2 rings (SSSR count). The number of H-pyrrole nitrogens is 1. The van der Waals surface area contributed by atoms with Gasteiger partial charge < -0.3 is 15.0 Å². The number of aromatic nitrogens is 1. The average molecular weight is 300 g/mol. The number of rotatable bonds is 7. The van der Waals surface area contributed by atoms with Crippen LogP contribution in [0.4, 0.5) is 0 Å². The Bertz CT molecular complexity index is 652. The number of hydrogen-bond donors (Lipinski definition) is 2. The van der Waals surface area contributed by atoms with Crippen LogP contribution in [0.25, 0.3) is 0 Å². The molecule has 0 spiro atoms. The average Bonchev–Trinajstić information content (AvgIpc) is 2.55. The summed E-state index contributed by atoms with van der Waals surface area (Å²) in [5.41, 5.74) is 0.873. The first-order chi connectivity index (χ1) is 10.7. The Morgan fingerprint density at radius 1 is 1.23 bits per heavy atom. The number of amides is 1. The molecule has 1 heterocycles. The van der Waals surface area contributed by atoms with Crippen LogP contribution in [0.15, 0.2) is 53.5 Å². The number of aromatic amines is 1. The topological polar surface area (TPSA) is 71.2 Å². The van der Waals surface area contributed by atoms with E-state index in [4.69, 9.17) is 4.74 Å². The van der Waals surface area contributed by atoms with Crippen LogP contribution in [0.2, 0.25) is 0 Å². The molecule has 1 aromatic heterocycles. The molecule has 0 saturated heterocycles. The van der Waals surface area contributed by atoms with Gasteiger partial charge in [-0.25, -0.2) is 0 Å². The largest absolute Gasteiger partial charge is 0.374 e. The molecule has 2 N–H and O–H groups in total. The highest BCUT2D eigenvalue weighted by Gasteiger charge is 2.09. The number of benzene rings is 1. The molecule has 5 nitrogen and oxygen atoms in total. The van der Waals surface area contributed by atoms with Crippen LogP contribution >= 0.6 is 0 Å². The van der Waals surface area contributed by atoms with Crippen LogP contribution in [0.3, 0.4) is 0 Å². The molecule has 116 valence electrons. The smallest absolute Gasteiger partial charge is 0.260 e. The minimum absolute atomic E-state index is 0.0221. The van der Waals surface area contributed by atoms with Crippen molar-refractivity contribution in [3.05, 3.63) is 70.1 Å². The van der Waals surface area contributed by atoms with Gasteiger partial charge in [0.1, 0.15) is 5.56 Å². The van der Waals surface area contributed by atoms with Crippen LogP contribution in [-0.4, -0.2) is 24.0 Å². The maximum atomic E-state index is 11.8. The maximum Gasteiger partial charge on any atom is 0.260 e. The summed E-state index contributed by atoms with van der Waals surface area (Å²) >= 11 is 0. The summed E-state index contributed by atoms with van der Waals surface area (Å²) < 4.78 is 5.72. The number of hydrogen-bond acceptors (Lipinski definition) is 3.